The van der Waals surface area contributed by atoms with Crippen LogP contribution in [0.1, 0.15) is 101 Å². The van der Waals surface area contributed by atoms with Crippen molar-refractivity contribution in [1.29, 1.82) is 0 Å². The van der Waals surface area contributed by atoms with Crippen molar-refractivity contribution in [3.63, 3.8) is 0 Å². The third-order valence-electron chi connectivity index (χ3n) is 14.1. The van der Waals surface area contributed by atoms with Crippen LogP contribution in [0.25, 0.3) is 33.2 Å². The first kappa shape index (κ1) is 44.3. The predicted octanol–water partition coefficient (Wildman–Crippen LogP) is 5.60. The zero-order chi connectivity index (χ0) is 44.3. The topological polar surface area (TPSA) is 155 Å². The molecule has 1 saturated carbocycles. The van der Waals surface area contributed by atoms with Gasteiger partial charge in [0, 0.05) is 114 Å². The van der Waals surface area contributed by atoms with Gasteiger partial charge in [0.2, 0.25) is 17.8 Å². The molecule has 0 bridgehead atoms. The number of carbonyl (C=O) groups is 2. The van der Waals surface area contributed by atoms with Crippen LogP contribution < -0.4 is 16.3 Å². The van der Waals surface area contributed by atoms with Crippen LogP contribution >= 0.6 is 0 Å². The summed E-state index contributed by atoms with van der Waals surface area (Å²) in [6.45, 7) is 14.0. The molecule has 15 nitrogen and oxygen atoms in total. The van der Waals surface area contributed by atoms with Crippen LogP contribution in [-0.4, -0.2) is 126 Å². The number of hydrogen-bond donors (Lipinski definition) is 3. The lowest BCUT2D eigenvalue weighted by atomic mass is 9.93. The highest BCUT2D eigenvalue weighted by Gasteiger charge is 2.32. The highest BCUT2D eigenvalue weighted by Crippen LogP contribution is 2.37. The smallest absolute Gasteiger partial charge is 0.329 e. The van der Waals surface area contributed by atoms with E-state index in [-0.39, 0.29) is 30.2 Å². The molecule has 0 spiro atoms. The summed E-state index contributed by atoms with van der Waals surface area (Å²) in [6.07, 6.45) is 12.6. The Hall–Kier alpha value is -4.93. The Morgan fingerprint density at radius 2 is 1.64 bits per heavy atom. The summed E-state index contributed by atoms with van der Waals surface area (Å²) in [5, 5.41) is 17.2. The normalized spacial score (nSPS) is 23.3. The van der Waals surface area contributed by atoms with E-state index in [1.807, 2.05) is 18.3 Å². The monoisotopic (exact) mass is 875 g/mol. The number of carbonyl (C=O) groups excluding carboxylic acids is 2. The molecule has 4 fully saturated rings. The molecule has 2 amide bonds. The van der Waals surface area contributed by atoms with E-state index < -0.39 is 11.9 Å². The summed E-state index contributed by atoms with van der Waals surface area (Å²) in [4.78, 5) is 54.8. The molecule has 4 aliphatic rings. The first-order valence-corrected chi connectivity index (χ1v) is 23.8. The minimum atomic E-state index is -0.679. The first-order valence-electron chi connectivity index (χ1n) is 23.8. The fourth-order valence-electron chi connectivity index (χ4n) is 10.5. The molecule has 64 heavy (non-hydrogen) atoms. The zero-order valence-electron chi connectivity index (χ0n) is 37.9. The van der Waals surface area contributed by atoms with Gasteiger partial charge in [-0.1, -0.05) is 43.7 Å². The summed E-state index contributed by atoms with van der Waals surface area (Å²) in [5.74, 6) is -0.0270. The van der Waals surface area contributed by atoms with Gasteiger partial charge in [-0.05, 0) is 87.1 Å². The van der Waals surface area contributed by atoms with Crippen molar-refractivity contribution in [1.82, 2.24) is 43.7 Å². The molecule has 15 heteroatoms. The minimum Gasteiger partial charge on any atom is -0.393 e. The minimum absolute atomic E-state index is 0.203. The fraction of sp³-hybridized carbons (Fsp3) is 0.571. The number of imide groups is 1. The van der Waals surface area contributed by atoms with E-state index in [9.17, 15) is 19.5 Å². The molecule has 1 aliphatic carbocycles. The molecule has 3 atom stereocenters. The second-order valence-electron chi connectivity index (χ2n) is 18.9. The Kier molecular flexibility index (Phi) is 13.6. The van der Waals surface area contributed by atoms with Crippen molar-refractivity contribution >= 4 is 39.8 Å². The molecule has 0 radical (unpaired) electrons. The van der Waals surface area contributed by atoms with Crippen LogP contribution in [0.4, 0.5) is 5.95 Å². The molecule has 2 aromatic carbocycles. The van der Waals surface area contributed by atoms with Gasteiger partial charge < -0.3 is 24.6 Å². The highest BCUT2D eigenvalue weighted by molar-refractivity contribution is 6.00. The number of hydrogen-bond acceptors (Lipinski definition) is 11. The quantitative estimate of drug-likeness (QED) is 0.0839. The Labute approximate surface area is 375 Å². The van der Waals surface area contributed by atoms with Crippen molar-refractivity contribution < 1.29 is 19.4 Å². The molecule has 3 saturated heterocycles. The van der Waals surface area contributed by atoms with Gasteiger partial charge in [0.15, 0.2) is 0 Å². The predicted molar refractivity (Wildman–Crippen MR) is 249 cm³/mol. The number of aryl methyl sites for hydroxylation is 1. The van der Waals surface area contributed by atoms with Crippen LogP contribution in [0.5, 0.6) is 0 Å². The average Bonchev–Trinajstić information content (AvgIpc) is 3.97. The zero-order valence-corrected chi connectivity index (χ0v) is 37.9. The van der Waals surface area contributed by atoms with E-state index in [4.69, 9.17) is 14.7 Å². The van der Waals surface area contributed by atoms with E-state index in [1.165, 1.54) is 15.7 Å². The number of aliphatic hydroxyl groups excluding tert-OH is 1. The Balaban J connectivity index is 0.719. The number of likely N-dealkylation sites (tertiary alicyclic amines) is 1. The van der Waals surface area contributed by atoms with E-state index in [0.717, 1.165) is 145 Å². The number of amides is 2. The number of nitrogens with zero attached hydrogens (tertiary/aromatic N) is 8. The molecule has 9 rings (SSSR count). The molecule has 3 aliphatic heterocycles. The van der Waals surface area contributed by atoms with Gasteiger partial charge in [-0.2, -0.15) is 4.98 Å². The summed E-state index contributed by atoms with van der Waals surface area (Å²) in [7, 11) is 1.74. The summed E-state index contributed by atoms with van der Waals surface area (Å²) in [5.41, 5.74) is 7.01. The van der Waals surface area contributed by atoms with Crippen LogP contribution in [0.3, 0.4) is 0 Å². The molecule has 3 N–H and O–H groups in total. The number of benzene rings is 2. The third-order valence-corrected chi connectivity index (χ3v) is 14.1. The number of ether oxygens (including phenoxy) is 1. The highest BCUT2D eigenvalue weighted by atomic mass is 16.5. The molecule has 1 unspecified atom stereocenters. The van der Waals surface area contributed by atoms with Crippen molar-refractivity contribution in [2.75, 3.05) is 57.7 Å². The van der Waals surface area contributed by atoms with Crippen LogP contribution in [0.2, 0.25) is 0 Å². The number of imidazole rings is 1. The SMILES string of the molecule is CCC[C@@H](C)Nc1ncc2c(-c3ccc(CN4CCN(CCCO[C@H]5CCN(Cc6ccc7c(c6)n(C)c(=O)n7C6CCC(=O)NC6=O)C5)CC4)cc3)cn(C3CCC(O)CC3)c2n1. The van der Waals surface area contributed by atoms with Gasteiger partial charge in [0.25, 0.3) is 0 Å². The Morgan fingerprint density at radius 1 is 0.891 bits per heavy atom. The Morgan fingerprint density at radius 3 is 2.41 bits per heavy atom. The fourth-order valence-corrected chi connectivity index (χ4v) is 10.5. The van der Waals surface area contributed by atoms with Crippen molar-refractivity contribution in [3.05, 3.63) is 76.5 Å². The summed E-state index contributed by atoms with van der Waals surface area (Å²) in [6, 6.07) is 15.0. The summed E-state index contributed by atoms with van der Waals surface area (Å²) >= 11 is 0. The number of aliphatic hydroxyl groups is 1. The van der Waals surface area contributed by atoms with Gasteiger partial charge in [-0.3, -0.25) is 33.8 Å². The maximum atomic E-state index is 13.2. The number of anilines is 1. The first-order chi connectivity index (χ1) is 31.1. The number of nitrogens with one attached hydrogen (secondary N) is 2. The van der Waals surface area contributed by atoms with Crippen LogP contribution in [-0.2, 0) is 34.5 Å². The molecule has 5 aromatic rings. The standard InChI is InChI=1S/C49H66N10O5/c1-4-6-33(2)51-48-50-28-40-41(32-58(46(40)53-48)37-12-14-38(60)15-13-37)36-10-7-34(8-11-36)29-56-24-22-55(23-25-56)20-5-26-64-39-19-21-57(31-39)30-35-9-16-42-44(27-35)54(3)49(63)59(42)43-17-18-45(61)52-47(43)62/h7-11,16,27-28,32-33,37-39,43,60H,4-6,12-15,17-26,29-31H2,1-3H3,(H,50,51,53)(H,52,61,62)/t33-,37?,38?,39+,43?/m1/s1. The van der Waals surface area contributed by atoms with Crippen molar-refractivity contribution in [3.8, 4) is 11.1 Å². The van der Waals surface area contributed by atoms with E-state index in [0.29, 0.717) is 30.0 Å². The Bertz CT molecular complexity index is 2480. The van der Waals surface area contributed by atoms with E-state index in [1.54, 1.807) is 11.6 Å². The maximum Gasteiger partial charge on any atom is 0.329 e. The van der Waals surface area contributed by atoms with Gasteiger partial charge >= 0.3 is 5.69 Å². The van der Waals surface area contributed by atoms with Crippen LogP contribution in [0, 0.1) is 0 Å². The van der Waals surface area contributed by atoms with Gasteiger partial charge in [0.05, 0.1) is 23.2 Å². The second-order valence-corrected chi connectivity index (χ2v) is 18.9. The number of piperidine rings is 1. The molecule has 3 aromatic heterocycles. The van der Waals surface area contributed by atoms with Crippen molar-refractivity contribution in [2.24, 2.45) is 7.05 Å². The van der Waals surface area contributed by atoms with E-state index in [2.05, 4.69) is 80.3 Å². The number of fused-ring (bicyclic) bond motifs is 2. The maximum absolute atomic E-state index is 13.2. The van der Waals surface area contributed by atoms with Crippen LogP contribution in [0.15, 0.2) is 59.7 Å². The lowest BCUT2D eigenvalue weighted by Crippen LogP contribution is -2.46. The number of aromatic nitrogens is 5. The number of rotatable bonds is 16. The summed E-state index contributed by atoms with van der Waals surface area (Å²) < 4.78 is 11.9. The number of piperazine rings is 1. The van der Waals surface area contributed by atoms with Gasteiger partial charge in [0.1, 0.15) is 11.7 Å². The average molecular weight is 875 g/mol. The van der Waals surface area contributed by atoms with Gasteiger partial charge in [-0.25, -0.2) is 9.78 Å². The van der Waals surface area contributed by atoms with E-state index >= 15 is 0 Å². The molecular formula is C49H66N10O5. The third kappa shape index (κ3) is 9.83. The molecule has 342 valence electrons. The largest absolute Gasteiger partial charge is 0.393 e. The second kappa shape index (κ2) is 19.7. The lowest BCUT2D eigenvalue weighted by Gasteiger charge is -2.34. The van der Waals surface area contributed by atoms with Gasteiger partial charge in [-0.15, -0.1) is 0 Å². The molecular weight excluding hydrogens is 809 g/mol. The molecule has 6 heterocycles. The lowest BCUT2D eigenvalue weighted by molar-refractivity contribution is -0.135. The van der Waals surface area contributed by atoms with Crippen molar-refractivity contribution in [2.45, 2.75) is 121 Å².